The molecule has 4 aromatic carbocycles. The number of rotatable bonds is 12. The van der Waals surface area contributed by atoms with Crippen molar-refractivity contribution in [2.45, 2.75) is 65.1 Å². The molecule has 4 unspecified atom stereocenters. The zero-order valence-electron chi connectivity index (χ0n) is 28.3. The molecule has 0 aromatic heterocycles. The minimum absolute atomic E-state index is 0.247. The first-order chi connectivity index (χ1) is 23.6. The fourth-order valence-electron chi connectivity index (χ4n) is 6.68. The number of Topliss-reactive ketones (excluding diaryl/α,β-unsaturated/α-hetero) is 1. The zero-order valence-corrected chi connectivity index (χ0v) is 29.1. The highest BCUT2D eigenvalue weighted by Crippen LogP contribution is 2.48. The number of benzene rings is 4. The predicted octanol–water partition coefficient (Wildman–Crippen LogP) is 7.76. The number of nitrogens with one attached hydrogen (secondary N) is 2. The van der Waals surface area contributed by atoms with Gasteiger partial charge in [-0.2, -0.15) is 0 Å². The monoisotopic (exact) mass is 682 g/mol. The highest BCUT2D eigenvalue weighted by Gasteiger charge is 2.56. The van der Waals surface area contributed by atoms with Gasteiger partial charge < -0.3 is 25.2 Å². The molecule has 4 aromatic rings. The van der Waals surface area contributed by atoms with E-state index in [0.29, 0.717) is 52.9 Å². The molecule has 1 fully saturated rings. The Morgan fingerprint density at radius 2 is 1.41 bits per heavy atom. The third-order valence-corrected chi connectivity index (χ3v) is 9.36. The number of carbonyl (C=O) groups excluding carboxylic acids is 3. The smallest absolute Gasteiger partial charge is 0.235 e. The van der Waals surface area contributed by atoms with Crippen molar-refractivity contribution in [3.63, 3.8) is 0 Å². The lowest BCUT2D eigenvalue weighted by molar-refractivity contribution is -0.150. The molecule has 8 nitrogen and oxygen atoms in total. The van der Waals surface area contributed by atoms with Gasteiger partial charge in [0, 0.05) is 28.7 Å². The quantitative estimate of drug-likeness (QED) is 0.132. The van der Waals surface area contributed by atoms with E-state index in [1.807, 2.05) is 69.3 Å². The lowest BCUT2D eigenvalue weighted by Gasteiger charge is -2.44. The van der Waals surface area contributed by atoms with Gasteiger partial charge in [-0.15, -0.1) is 0 Å². The average Bonchev–Trinajstić information content (AvgIpc) is 3.08. The number of hydrogen-bond acceptors (Lipinski definition) is 6. The van der Waals surface area contributed by atoms with Crippen LogP contribution in [0.4, 0.5) is 11.4 Å². The van der Waals surface area contributed by atoms with Crippen LogP contribution in [0.3, 0.4) is 0 Å². The number of ether oxygens (including phenoxy) is 2. The van der Waals surface area contributed by atoms with E-state index < -0.39 is 41.0 Å². The van der Waals surface area contributed by atoms with Crippen LogP contribution in [0.2, 0.25) is 5.02 Å². The molecule has 5 rings (SSSR count). The summed E-state index contributed by atoms with van der Waals surface area (Å²) in [6.45, 7) is 7.87. The Morgan fingerprint density at radius 1 is 0.816 bits per heavy atom. The molecular formula is C40H43ClN2O6. The number of ketones is 1. The summed E-state index contributed by atoms with van der Waals surface area (Å²) in [6.07, 6.45) is 0.978. The summed E-state index contributed by atoms with van der Waals surface area (Å²) in [5, 5.41) is 18.5. The van der Waals surface area contributed by atoms with E-state index in [-0.39, 0.29) is 13.0 Å². The van der Waals surface area contributed by atoms with Gasteiger partial charge in [0.05, 0.1) is 18.1 Å². The molecule has 0 aliphatic heterocycles. The fraction of sp³-hybridized carbons (Fsp3) is 0.325. The maximum absolute atomic E-state index is 14.4. The minimum Gasteiger partial charge on any atom is -0.490 e. The molecule has 3 N–H and O–H groups in total. The summed E-state index contributed by atoms with van der Waals surface area (Å²) < 4.78 is 12.1. The number of hydrogen-bond donors (Lipinski definition) is 3. The van der Waals surface area contributed by atoms with Crippen molar-refractivity contribution in [1.82, 2.24) is 0 Å². The maximum atomic E-state index is 14.4. The highest BCUT2D eigenvalue weighted by atomic mass is 35.5. The Bertz CT molecular complexity index is 1800. The largest absolute Gasteiger partial charge is 0.490 e. The summed E-state index contributed by atoms with van der Waals surface area (Å²) in [6, 6.07) is 27.3. The molecule has 0 heterocycles. The Balaban J connectivity index is 1.58. The predicted molar refractivity (Wildman–Crippen MR) is 192 cm³/mol. The maximum Gasteiger partial charge on any atom is 0.235 e. The molecule has 49 heavy (non-hydrogen) atoms. The van der Waals surface area contributed by atoms with Crippen LogP contribution in [0.5, 0.6) is 11.5 Å². The van der Waals surface area contributed by atoms with Crippen molar-refractivity contribution in [2.24, 2.45) is 11.8 Å². The third kappa shape index (κ3) is 8.15. The van der Waals surface area contributed by atoms with Crippen molar-refractivity contribution in [2.75, 3.05) is 17.2 Å². The number of aryl methyl sites for hydroxylation is 2. The average molecular weight is 683 g/mol. The Labute approximate surface area is 292 Å². The van der Waals surface area contributed by atoms with Crippen LogP contribution in [-0.4, -0.2) is 34.9 Å². The fourth-order valence-corrected chi connectivity index (χ4v) is 6.80. The van der Waals surface area contributed by atoms with Crippen molar-refractivity contribution in [3.8, 4) is 11.5 Å². The highest BCUT2D eigenvalue weighted by molar-refractivity contribution is 6.30. The first kappa shape index (κ1) is 35.6. The van der Waals surface area contributed by atoms with Gasteiger partial charge in [0.1, 0.15) is 18.3 Å². The van der Waals surface area contributed by atoms with Gasteiger partial charge >= 0.3 is 0 Å². The number of aliphatic hydroxyl groups is 1. The van der Waals surface area contributed by atoms with Crippen molar-refractivity contribution >= 4 is 40.6 Å². The topological polar surface area (TPSA) is 114 Å². The van der Waals surface area contributed by atoms with Crippen LogP contribution in [0.25, 0.3) is 0 Å². The number of anilines is 2. The van der Waals surface area contributed by atoms with Gasteiger partial charge in [-0.05, 0) is 85.3 Å². The van der Waals surface area contributed by atoms with Crippen molar-refractivity contribution in [1.29, 1.82) is 0 Å². The van der Waals surface area contributed by atoms with Crippen LogP contribution < -0.4 is 20.1 Å². The second kappa shape index (κ2) is 15.7. The van der Waals surface area contributed by atoms with E-state index in [1.54, 1.807) is 42.5 Å². The summed E-state index contributed by atoms with van der Waals surface area (Å²) in [7, 11) is 0. The van der Waals surface area contributed by atoms with E-state index in [0.717, 1.165) is 16.7 Å². The molecule has 1 aliphatic rings. The van der Waals surface area contributed by atoms with Crippen LogP contribution in [0, 0.1) is 11.8 Å². The standard InChI is InChI=1S/C40H43ClN2O6/c1-5-26-12-8-10-14-30(26)42-38(45)36-32(44)23-40(4,47)37(39(46)43-31-15-11-9-13-27(31)6-2)35(36)28-18-21-33(34(22-28)48-7-3)49-24-25-16-19-29(41)20-17-25/h8-22,35-37,47H,5-7,23-24H2,1-4H3,(H,42,45)(H,43,46). The summed E-state index contributed by atoms with van der Waals surface area (Å²) in [5.41, 5.74) is 2.67. The first-order valence-corrected chi connectivity index (χ1v) is 17.1. The summed E-state index contributed by atoms with van der Waals surface area (Å²) >= 11 is 6.05. The molecule has 1 saturated carbocycles. The molecule has 0 saturated heterocycles. The van der Waals surface area contributed by atoms with Gasteiger partial charge in [-0.1, -0.05) is 80.0 Å². The van der Waals surface area contributed by atoms with E-state index in [4.69, 9.17) is 21.1 Å². The van der Waals surface area contributed by atoms with E-state index in [1.165, 1.54) is 6.92 Å². The molecule has 256 valence electrons. The lowest BCUT2D eigenvalue weighted by Crippen LogP contribution is -2.56. The molecule has 0 radical (unpaired) electrons. The van der Waals surface area contributed by atoms with Gasteiger partial charge in [0.15, 0.2) is 11.5 Å². The second-order valence-corrected chi connectivity index (χ2v) is 13.0. The summed E-state index contributed by atoms with van der Waals surface area (Å²) in [4.78, 5) is 42.5. The van der Waals surface area contributed by atoms with E-state index in [2.05, 4.69) is 10.6 Å². The molecule has 4 atom stereocenters. The van der Waals surface area contributed by atoms with E-state index in [9.17, 15) is 19.5 Å². The van der Waals surface area contributed by atoms with Crippen molar-refractivity contribution in [3.05, 3.63) is 118 Å². The number of halogens is 1. The van der Waals surface area contributed by atoms with Gasteiger partial charge in [-0.3, -0.25) is 14.4 Å². The van der Waals surface area contributed by atoms with Gasteiger partial charge in [0.25, 0.3) is 0 Å². The lowest BCUT2D eigenvalue weighted by atomic mass is 9.61. The summed E-state index contributed by atoms with van der Waals surface area (Å²) in [5.74, 6) is -4.15. The normalized spacial score (nSPS) is 20.4. The molecule has 2 amide bonds. The van der Waals surface area contributed by atoms with Crippen LogP contribution in [0.1, 0.15) is 62.3 Å². The van der Waals surface area contributed by atoms with Gasteiger partial charge in [-0.25, -0.2) is 0 Å². The molecular weight excluding hydrogens is 640 g/mol. The molecule has 1 aliphatic carbocycles. The number of carbonyl (C=O) groups is 3. The SMILES string of the molecule is CCOc1cc(C2C(C(=O)Nc3ccccc3CC)C(=O)CC(C)(O)C2C(=O)Nc2ccccc2CC)ccc1OCc1ccc(Cl)cc1. The number of para-hydroxylation sites is 2. The first-order valence-electron chi connectivity index (χ1n) is 16.7. The molecule has 0 bridgehead atoms. The van der Waals surface area contributed by atoms with Crippen LogP contribution in [0.15, 0.2) is 91.0 Å². The van der Waals surface area contributed by atoms with Gasteiger partial charge in [0.2, 0.25) is 11.8 Å². The Hall–Kier alpha value is -4.66. The van der Waals surface area contributed by atoms with Crippen LogP contribution in [-0.2, 0) is 33.8 Å². The van der Waals surface area contributed by atoms with Crippen LogP contribution >= 0.6 is 11.6 Å². The molecule has 9 heteroatoms. The van der Waals surface area contributed by atoms with Crippen molar-refractivity contribution < 1.29 is 29.0 Å². The minimum atomic E-state index is -1.76. The zero-order chi connectivity index (χ0) is 35.1. The molecule has 0 spiro atoms. The Kier molecular flexibility index (Phi) is 11.4. The Morgan fingerprint density at radius 3 is 2.00 bits per heavy atom. The number of amides is 2. The second-order valence-electron chi connectivity index (χ2n) is 12.5. The third-order valence-electron chi connectivity index (χ3n) is 9.10. The van der Waals surface area contributed by atoms with E-state index >= 15 is 0 Å².